The van der Waals surface area contributed by atoms with E-state index in [4.69, 9.17) is 9.47 Å². The molecule has 6 nitrogen and oxygen atoms in total. The number of hydrogen-bond acceptors (Lipinski definition) is 6. The topological polar surface area (TPSA) is 60.0 Å². The van der Waals surface area contributed by atoms with E-state index >= 15 is 0 Å². The van der Waals surface area contributed by atoms with Crippen LogP contribution in [-0.4, -0.2) is 40.6 Å². The van der Waals surface area contributed by atoms with Crippen molar-refractivity contribution in [2.75, 3.05) is 13.2 Å². The van der Waals surface area contributed by atoms with Crippen molar-refractivity contribution in [1.82, 2.24) is 14.9 Å². The maximum Gasteiger partial charge on any atom is 0.573 e. The molecule has 2 atom stereocenters. The van der Waals surface area contributed by atoms with Crippen molar-refractivity contribution >= 4 is 0 Å². The molecular weight excluding hydrogens is 411 g/mol. The lowest BCUT2D eigenvalue weighted by atomic mass is 10.00. The van der Waals surface area contributed by atoms with Crippen LogP contribution >= 0.6 is 0 Å². The summed E-state index contributed by atoms with van der Waals surface area (Å²) in [5, 5.41) is 0. The lowest BCUT2D eigenvalue weighted by molar-refractivity contribution is -0.274. The molecule has 0 saturated carbocycles. The molecule has 0 aliphatic carbocycles. The van der Waals surface area contributed by atoms with Gasteiger partial charge in [0.05, 0.1) is 6.54 Å². The van der Waals surface area contributed by atoms with Crippen LogP contribution in [0.2, 0.25) is 0 Å². The lowest BCUT2D eigenvalue weighted by Gasteiger charge is -2.23. The smallest absolute Gasteiger partial charge is 0.492 e. The maximum absolute atomic E-state index is 12.4. The van der Waals surface area contributed by atoms with E-state index in [1.54, 1.807) is 30.6 Å². The van der Waals surface area contributed by atoms with Gasteiger partial charge in [0, 0.05) is 24.5 Å². The van der Waals surface area contributed by atoms with E-state index in [0.29, 0.717) is 25.5 Å². The first-order valence-corrected chi connectivity index (χ1v) is 9.75. The number of benzene rings is 2. The van der Waals surface area contributed by atoms with Crippen molar-refractivity contribution < 1.29 is 27.4 Å². The Morgan fingerprint density at radius 2 is 1.77 bits per heavy atom. The van der Waals surface area contributed by atoms with Crippen molar-refractivity contribution in [2.24, 2.45) is 0 Å². The van der Waals surface area contributed by atoms with Crippen LogP contribution in [0.25, 0.3) is 11.1 Å². The molecule has 2 aliphatic rings. The number of nitrogens with zero attached hydrogens (tertiary/aromatic N) is 3. The second-order valence-corrected chi connectivity index (χ2v) is 7.26. The fourth-order valence-corrected chi connectivity index (χ4v) is 3.70. The Bertz CT molecular complexity index is 1060. The van der Waals surface area contributed by atoms with E-state index in [0.717, 1.165) is 22.4 Å². The first kappa shape index (κ1) is 19.8. The molecule has 1 fully saturated rings. The van der Waals surface area contributed by atoms with Crippen LogP contribution in [0.3, 0.4) is 0 Å². The van der Waals surface area contributed by atoms with Gasteiger partial charge in [0.15, 0.2) is 0 Å². The first-order valence-electron chi connectivity index (χ1n) is 9.75. The summed E-state index contributed by atoms with van der Waals surface area (Å²) in [6.45, 7) is 1.73. The van der Waals surface area contributed by atoms with Crippen molar-refractivity contribution in [3.05, 3.63) is 72.3 Å². The molecule has 3 aromatic rings. The molecule has 1 saturated heterocycles. The molecule has 5 rings (SSSR count). The predicted octanol–water partition coefficient (Wildman–Crippen LogP) is 4.33. The summed E-state index contributed by atoms with van der Waals surface area (Å²) in [6, 6.07) is 13.3. The van der Waals surface area contributed by atoms with Crippen LogP contribution in [0.5, 0.6) is 11.5 Å². The second kappa shape index (κ2) is 7.82. The van der Waals surface area contributed by atoms with Crippen LogP contribution < -0.4 is 9.47 Å². The standard InChI is InChI=1S/C22H18F3N3O3/c23-22(24,25)31-16-5-2-14(3-6-16)15-4-7-18-17(12-15)20-21(30-20)28(10-11-29-18)13-19-26-8-1-9-27-19/h1-9,12,20-21H,10-11,13H2. The van der Waals surface area contributed by atoms with Gasteiger partial charge in [-0.2, -0.15) is 0 Å². The van der Waals surface area contributed by atoms with Crippen LogP contribution in [-0.2, 0) is 11.3 Å². The van der Waals surface area contributed by atoms with E-state index in [9.17, 15) is 13.2 Å². The van der Waals surface area contributed by atoms with Gasteiger partial charge in [0.2, 0.25) is 0 Å². The molecule has 2 aliphatic heterocycles. The molecule has 0 N–H and O–H groups in total. The number of alkyl halides is 3. The fraction of sp³-hybridized carbons (Fsp3) is 0.273. The Kier molecular flexibility index (Phi) is 4.99. The summed E-state index contributed by atoms with van der Waals surface area (Å²) in [4.78, 5) is 10.7. The molecule has 2 aromatic carbocycles. The molecule has 0 bridgehead atoms. The second-order valence-electron chi connectivity index (χ2n) is 7.26. The van der Waals surface area contributed by atoms with Crippen LogP contribution in [0.4, 0.5) is 13.2 Å². The molecule has 1 aromatic heterocycles. The minimum atomic E-state index is -4.71. The van der Waals surface area contributed by atoms with E-state index in [1.807, 2.05) is 18.2 Å². The molecule has 0 amide bonds. The summed E-state index contributed by atoms with van der Waals surface area (Å²) in [7, 11) is 0. The number of aromatic nitrogens is 2. The Labute approximate surface area is 176 Å². The minimum Gasteiger partial charge on any atom is -0.492 e. The SMILES string of the molecule is FC(F)(F)Oc1ccc(-c2ccc3c(c2)C2OC2N(Cc2ncccn2)CCO3)cc1. The average molecular weight is 429 g/mol. The summed E-state index contributed by atoms with van der Waals surface area (Å²) >= 11 is 0. The van der Waals surface area contributed by atoms with Gasteiger partial charge in [-0.1, -0.05) is 18.2 Å². The molecule has 160 valence electrons. The molecule has 3 heterocycles. The van der Waals surface area contributed by atoms with Gasteiger partial charge in [-0.3, -0.25) is 4.90 Å². The van der Waals surface area contributed by atoms with E-state index in [2.05, 4.69) is 19.6 Å². The monoisotopic (exact) mass is 429 g/mol. The Morgan fingerprint density at radius 3 is 2.52 bits per heavy atom. The van der Waals surface area contributed by atoms with E-state index in [-0.39, 0.29) is 18.1 Å². The van der Waals surface area contributed by atoms with Crippen LogP contribution in [0.15, 0.2) is 60.9 Å². The molecular formula is C22H18F3N3O3. The van der Waals surface area contributed by atoms with Gasteiger partial charge in [-0.25, -0.2) is 9.97 Å². The van der Waals surface area contributed by atoms with Gasteiger partial charge < -0.3 is 14.2 Å². The minimum absolute atomic E-state index is 0.0933. The number of halogens is 3. The Hall–Kier alpha value is -3.17. The molecule has 2 unspecified atom stereocenters. The fourth-order valence-electron chi connectivity index (χ4n) is 3.70. The number of ether oxygens (including phenoxy) is 3. The third-order valence-corrected chi connectivity index (χ3v) is 5.17. The van der Waals surface area contributed by atoms with Crippen molar-refractivity contribution in [2.45, 2.75) is 25.2 Å². The Morgan fingerprint density at radius 1 is 1.03 bits per heavy atom. The quantitative estimate of drug-likeness (QED) is 0.576. The first-order chi connectivity index (χ1) is 15.0. The van der Waals surface area contributed by atoms with Crippen molar-refractivity contribution in [1.29, 1.82) is 0 Å². The zero-order valence-corrected chi connectivity index (χ0v) is 16.2. The highest BCUT2D eigenvalue weighted by molar-refractivity contribution is 5.67. The molecule has 31 heavy (non-hydrogen) atoms. The highest BCUT2D eigenvalue weighted by Crippen LogP contribution is 2.47. The summed E-state index contributed by atoms with van der Waals surface area (Å²) in [6.07, 6.45) is -1.53. The molecule has 0 radical (unpaired) electrons. The highest BCUT2D eigenvalue weighted by Gasteiger charge is 2.47. The number of hydrogen-bond donors (Lipinski definition) is 0. The average Bonchev–Trinajstić information content (AvgIpc) is 3.52. The number of epoxide rings is 1. The summed E-state index contributed by atoms with van der Waals surface area (Å²) in [5.74, 6) is 1.21. The largest absolute Gasteiger partial charge is 0.573 e. The van der Waals surface area contributed by atoms with E-state index < -0.39 is 6.36 Å². The number of rotatable bonds is 4. The van der Waals surface area contributed by atoms with Crippen LogP contribution in [0, 0.1) is 0 Å². The third-order valence-electron chi connectivity index (χ3n) is 5.17. The normalized spacial score (nSPS) is 20.6. The Balaban J connectivity index is 1.36. The zero-order valence-electron chi connectivity index (χ0n) is 16.2. The maximum atomic E-state index is 12.4. The van der Waals surface area contributed by atoms with Crippen molar-refractivity contribution in [3.63, 3.8) is 0 Å². The van der Waals surface area contributed by atoms with Gasteiger partial charge >= 0.3 is 6.36 Å². The summed E-state index contributed by atoms with van der Waals surface area (Å²) < 4.78 is 53.0. The predicted molar refractivity (Wildman–Crippen MR) is 104 cm³/mol. The van der Waals surface area contributed by atoms with Gasteiger partial charge in [-0.05, 0) is 41.5 Å². The number of fused-ring (bicyclic) bond motifs is 3. The van der Waals surface area contributed by atoms with Crippen molar-refractivity contribution in [3.8, 4) is 22.6 Å². The van der Waals surface area contributed by atoms with E-state index in [1.165, 1.54) is 12.1 Å². The van der Waals surface area contributed by atoms with Gasteiger partial charge in [0.25, 0.3) is 0 Å². The molecule has 9 heteroatoms. The molecule has 0 spiro atoms. The van der Waals surface area contributed by atoms with Gasteiger partial charge in [-0.15, -0.1) is 13.2 Å². The highest BCUT2D eigenvalue weighted by atomic mass is 19.4. The van der Waals surface area contributed by atoms with Crippen LogP contribution in [0.1, 0.15) is 17.5 Å². The zero-order chi connectivity index (χ0) is 21.4. The lowest BCUT2D eigenvalue weighted by Crippen LogP contribution is -2.33. The van der Waals surface area contributed by atoms with Gasteiger partial charge in [0.1, 0.15) is 36.3 Å². The third kappa shape index (κ3) is 4.47. The summed E-state index contributed by atoms with van der Waals surface area (Å²) in [5.41, 5.74) is 2.54.